The fourth-order valence-electron chi connectivity index (χ4n) is 3.39. The summed E-state index contributed by atoms with van der Waals surface area (Å²) in [4.78, 5) is 17.4. The number of aromatic amines is 1. The van der Waals surface area contributed by atoms with Gasteiger partial charge in [-0.15, -0.1) is 0 Å². The SMILES string of the molecule is O=c1c2c(-c3ccc4ccccc4c3)ccnc2[nH]n1-c1ccccc1. The summed E-state index contributed by atoms with van der Waals surface area (Å²) in [5.74, 6) is 0. The van der Waals surface area contributed by atoms with Gasteiger partial charge in [-0.1, -0.05) is 54.6 Å². The first kappa shape index (κ1) is 14.7. The Hall–Kier alpha value is -3.66. The number of rotatable bonds is 2. The third-order valence-electron chi connectivity index (χ3n) is 4.66. The number of hydrogen-bond donors (Lipinski definition) is 1. The zero-order chi connectivity index (χ0) is 17.5. The lowest BCUT2D eigenvalue weighted by atomic mass is 10.0. The van der Waals surface area contributed by atoms with Crippen LogP contribution in [0.4, 0.5) is 0 Å². The van der Waals surface area contributed by atoms with Crippen molar-refractivity contribution in [2.24, 2.45) is 0 Å². The molecule has 0 unspecified atom stereocenters. The Morgan fingerprint density at radius 3 is 2.42 bits per heavy atom. The topological polar surface area (TPSA) is 50.7 Å². The van der Waals surface area contributed by atoms with Gasteiger partial charge in [-0.05, 0) is 46.2 Å². The standard InChI is InChI=1S/C22H15N3O/c26-22-20-19(17-11-10-15-6-4-5-7-16(15)14-17)12-13-23-21(20)24-25(22)18-8-2-1-3-9-18/h1-14H,(H,23,24). The Labute approximate surface area is 149 Å². The number of para-hydroxylation sites is 1. The molecule has 0 aliphatic rings. The van der Waals surface area contributed by atoms with Gasteiger partial charge >= 0.3 is 0 Å². The Morgan fingerprint density at radius 1 is 0.808 bits per heavy atom. The second-order valence-corrected chi connectivity index (χ2v) is 6.23. The van der Waals surface area contributed by atoms with Crippen molar-refractivity contribution in [1.82, 2.24) is 14.8 Å². The maximum Gasteiger partial charge on any atom is 0.281 e. The predicted molar refractivity (Wildman–Crippen MR) is 105 cm³/mol. The van der Waals surface area contributed by atoms with Gasteiger partial charge in [0.25, 0.3) is 5.56 Å². The molecule has 26 heavy (non-hydrogen) atoms. The molecule has 0 fully saturated rings. The van der Waals surface area contributed by atoms with Gasteiger partial charge in [0, 0.05) is 6.20 Å². The average Bonchev–Trinajstić information content (AvgIpc) is 3.05. The molecule has 124 valence electrons. The highest BCUT2D eigenvalue weighted by Crippen LogP contribution is 2.28. The van der Waals surface area contributed by atoms with Gasteiger partial charge in [0.1, 0.15) is 0 Å². The van der Waals surface area contributed by atoms with Crippen molar-refractivity contribution in [2.75, 3.05) is 0 Å². The summed E-state index contributed by atoms with van der Waals surface area (Å²) in [5, 5.41) is 6.05. The van der Waals surface area contributed by atoms with Gasteiger partial charge < -0.3 is 0 Å². The molecule has 3 aromatic carbocycles. The van der Waals surface area contributed by atoms with Crippen LogP contribution in [-0.2, 0) is 0 Å². The Morgan fingerprint density at radius 2 is 1.58 bits per heavy atom. The minimum Gasteiger partial charge on any atom is -0.274 e. The lowest BCUT2D eigenvalue weighted by Crippen LogP contribution is -2.14. The van der Waals surface area contributed by atoms with Crippen molar-refractivity contribution in [3.05, 3.63) is 95.4 Å². The summed E-state index contributed by atoms with van der Waals surface area (Å²) < 4.78 is 1.54. The number of pyridine rings is 1. The molecule has 0 atom stereocenters. The van der Waals surface area contributed by atoms with E-state index in [1.54, 1.807) is 10.9 Å². The molecule has 0 amide bonds. The van der Waals surface area contributed by atoms with E-state index in [1.807, 2.05) is 48.5 Å². The van der Waals surface area contributed by atoms with E-state index in [1.165, 1.54) is 5.39 Å². The van der Waals surface area contributed by atoms with Crippen molar-refractivity contribution in [2.45, 2.75) is 0 Å². The fourth-order valence-corrected chi connectivity index (χ4v) is 3.39. The highest BCUT2D eigenvalue weighted by Gasteiger charge is 2.14. The van der Waals surface area contributed by atoms with E-state index >= 15 is 0 Å². The fraction of sp³-hybridized carbons (Fsp3) is 0. The van der Waals surface area contributed by atoms with Gasteiger partial charge in [-0.3, -0.25) is 9.89 Å². The molecule has 5 aromatic rings. The van der Waals surface area contributed by atoms with Crippen LogP contribution in [-0.4, -0.2) is 14.8 Å². The van der Waals surface area contributed by atoms with Gasteiger partial charge in [0.05, 0.1) is 11.1 Å². The molecule has 0 saturated heterocycles. The van der Waals surface area contributed by atoms with Crippen LogP contribution >= 0.6 is 0 Å². The van der Waals surface area contributed by atoms with E-state index in [0.717, 1.165) is 22.2 Å². The zero-order valence-corrected chi connectivity index (χ0v) is 13.9. The third kappa shape index (κ3) is 2.24. The number of benzene rings is 3. The van der Waals surface area contributed by atoms with Crippen molar-refractivity contribution in [3.63, 3.8) is 0 Å². The lowest BCUT2D eigenvalue weighted by Gasteiger charge is -2.04. The van der Waals surface area contributed by atoms with Gasteiger partial charge in [-0.25, -0.2) is 9.67 Å². The summed E-state index contributed by atoms with van der Waals surface area (Å²) >= 11 is 0. The number of hydrogen-bond acceptors (Lipinski definition) is 2. The second-order valence-electron chi connectivity index (χ2n) is 6.23. The first-order chi connectivity index (χ1) is 12.8. The molecule has 2 aromatic heterocycles. The molecule has 0 radical (unpaired) electrons. The van der Waals surface area contributed by atoms with Crippen LogP contribution in [0.15, 0.2) is 89.9 Å². The van der Waals surface area contributed by atoms with E-state index in [-0.39, 0.29) is 5.56 Å². The molecule has 0 saturated carbocycles. The van der Waals surface area contributed by atoms with E-state index in [4.69, 9.17) is 0 Å². The molecular formula is C22H15N3O. The molecule has 4 heteroatoms. The first-order valence-corrected chi connectivity index (χ1v) is 8.45. The highest BCUT2D eigenvalue weighted by atomic mass is 16.1. The molecule has 0 aliphatic heterocycles. The molecule has 2 heterocycles. The summed E-state index contributed by atoms with van der Waals surface area (Å²) in [6, 6.07) is 25.9. The maximum absolute atomic E-state index is 13.1. The van der Waals surface area contributed by atoms with Crippen LogP contribution in [0.1, 0.15) is 0 Å². The molecule has 4 nitrogen and oxygen atoms in total. The monoisotopic (exact) mass is 337 g/mol. The zero-order valence-electron chi connectivity index (χ0n) is 13.9. The summed E-state index contributed by atoms with van der Waals surface area (Å²) in [6.45, 7) is 0. The molecule has 0 spiro atoms. The van der Waals surface area contributed by atoms with Crippen LogP contribution in [0, 0.1) is 0 Å². The highest BCUT2D eigenvalue weighted by molar-refractivity contribution is 5.96. The Bertz CT molecular complexity index is 1300. The van der Waals surface area contributed by atoms with Crippen LogP contribution in [0.3, 0.4) is 0 Å². The lowest BCUT2D eigenvalue weighted by molar-refractivity contribution is 0.858. The molecule has 0 bridgehead atoms. The van der Waals surface area contributed by atoms with E-state index in [0.29, 0.717) is 11.0 Å². The Balaban J connectivity index is 1.78. The van der Waals surface area contributed by atoms with Crippen LogP contribution in [0.25, 0.3) is 38.6 Å². The summed E-state index contributed by atoms with van der Waals surface area (Å²) in [6.07, 6.45) is 1.73. The first-order valence-electron chi connectivity index (χ1n) is 8.45. The third-order valence-corrected chi connectivity index (χ3v) is 4.66. The van der Waals surface area contributed by atoms with Crippen molar-refractivity contribution in [1.29, 1.82) is 0 Å². The number of nitrogens with zero attached hydrogens (tertiary/aromatic N) is 2. The van der Waals surface area contributed by atoms with Crippen LogP contribution < -0.4 is 5.56 Å². The van der Waals surface area contributed by atoms with Crippen molar-refractivity contribution >= 4 is 21.8 Å². The van der Waals surface area contributed by atoms with Gasteiger partial charge in [-0.2, -0.15) is 0 Å². The van der Waals surface area contributed by atoms with E-state index < -0.39 is 0 Å². The molecule has 1 N–H and O–H groups in total. The largest absolute Gasteiger partial charge is 0.281 e. The molecule has 0 aliphatic carbocycles. The predicted octanol–water partition coefficient (Wildman–Crippen LogP) is 4.53. The quantitative estimate of drug-likeness (QED) is 0.514. The average molecular weight is 337 g/mol. The molecular weight excluding hydrogens is 322 g/mol. The minimum absolute atomic E-state index is 0.0949. The number of nitrogens with one attached hydrogen (secondary N) is 1. The number of aromatic nitrogens is 3. The van der Waals surface area contributed by atoms with Crippen molar-refractivity contribution < 1.29 is 0 Å². The number of fused-ring (bicyclic) bond motifs is 2. The van der Waals surface area contributed by atoms with Gasteiger partial charge in [0.15, 0.2) is 5.65 Å². The van der Waals surface area contributed by atoms with Crippen molar-refractivity contribution in [3.8, 4) is 16.8 Å². The number of H-pyrrole nitrogens is 1. The molecule has 5 rings (SSSR count). The minimum atomic E-state index is -0.0949. The smallest absolute Gasteiger partial charge is 0.274 e. The van der Waals surface area contributed by atoms with Crippen LogP contribution in [0.5, 0.6) is 0 Å². The summed E-state index contributed by atoms with van der Waals surface area (Å²) in [7, 11) is 0. The maximum atomic E-state index is 13.1. The van der Waals surface area contributed by atoms with E-state index in [2.05, 4.69) is 40.4 Å². The Kier molecular flexibility index (Phi) is 3.22. The second kappa shape index (κ2) is 5.70. The normalized spacial score (nSPS) is 11.2. The summed E-state index contributed by atoms with van der Waals surface area (Å²) in [5.41, 5.74) is 3.18. The van der Waals surface area contributed by atoms with Gasteiger partial charge in [0.2, 0.25) is 0 Å². The van der Waals surface area contributed by atoms with Crippen LogP contribution in [0.2, 0.25) is 0 Å². The van der Waals surface area contributed by atoms with E-state index in [9.17, 15) is 4.79 Å².